The van der Waals surface area contributed by atoms with Crippen LogP contribution < -0.4 is 4.74 Å². The molecule has 0 spiro atoms. The second kappa shape index (κ2) is 10.1. The fourth-order valence-electron chi connectivity index (χ4n) is 3.04. The smallest absolute Gasteiger partial charge is 0.178 e. The Morgan fingerprint density at radius 1 is 0.643 bits per heavy atom. The first-order valence-electron chi connectivity index (χ1n) is 9.67. The molecule has 0 atom stereocenters. The zero-order valence-electron chi connectivity index (χ0n) is 16.0. The summed E-state index contributed by atoms with van der Waals surface area (Å²) in [6.45, 7) is 0.566. The molecule has 0 aliphatic carbocycles. The van der Waals surface area contributed by atoms with Crippen molar-refractivity contribution in [3.8, 4) is 5.75 Å². The molecule has 0 aromatic heterocycles. The summed E-state index contributed by atoms with van der Waals surface area (Å²) in [5.74, 6) is 1.07. The van der Waals surface area contributed by atoms with Gasteiger partial charge in [0, 0.05) is 0 Å². The molecular weight excluding hydrogens is 368 g/mol. The number of ether oxygens (including phenoxy) is 1. The predicted molar refractivity (Wildman–Crippen MR) is 113 cm³/mol. The van der Waals surface area contributed by atoms with Gasteiger partial charge in [0.25, 0.3) is 0 Å². The van der Waals surface area contributed by atoms with E-state index >= 15 is 0 Å². The van der Waals surface area contributed by atoms with Gasteiger partial charge < -0.3 is 4.74 Å². The van der Waals surface area contributed by atoms with Crippen LogP contribution in [0.15, 0.2) is 89.8 Å². The Bertz CT molecular complexity index is 934. The van der Waals surface area contributed by atoms with E-state index in [1.807, 2.05) is 48.5 Å². The van der Waals surface area contributed by atoms with Crippen LogP contribution in [0.3, 0.4) is 0 Å². The summed E-state index contributed by atoms with van der Waals surface area (Å²) >= 11 is 0. The Kier molecular flexibility index (Phi) is 7.26. The van der Waals surface area contributed by atoms with Crippen LogP contribution >= 0.6 is 0 Å². The molecule has 3 nitrogen and oxygen atoms in total. The molecule has 0 aliphatic heterocycles. The Labute approximate surface area is 167 Å². The summed E-state index contributed by atoms with van der Waals surface area (Å²) < 4.78 is 30.3. The Morgan fingerprint density at radius 2 is 1.29 bits per heavy atom. The molecule has 0 heterocycles. The van der Waals surface area contributed by atoms with Crippen LogP contribution in [0, 0.1) is 0 Å². The molecule has 0 N–H and O–H groups in total. The summed E-state index contributed by atoms with van der Waals surface area (Å²) in [7, 11) is -3.16. The summed E-state index contributed by atoms with van der Waals surface area (Å²) in [4.78, 5) is 0.418. The molecule has 0 aliphatic rings. The molecule has 0 radical (unpaired) electrons. The number of hydrogen-bond acceptors (Lipinski definition) is 3. The first-order chi connectivity index (χ1) is 13.6. The number of aryl methyl sites for hydroxylation is 1. The lowest BCUT2D eigenvalue weighted by atomic mass is 10.1. The normalized spacial score (nSPS) is 11.3. The van der Waals surface area contributed by atoms with Crippen LogP contribution in [-0.2, 0) is 22.9 Å². The van der Waals surface area contributed by atoms with Gasteiger partial charge in [0.05, 0.1) is 10.6 Å². The number of rotatable bonds is 10. The highest BCUT2D eigenvalue weighted by Gasteiger charge is 2.12. The number of unbranched alkanes of at least 4 members (excludes halogenated alkanes) is 2. The summed E-state index contributed by atoms with van der Waals surface area (Å²) in [6, 6.07) is 27.0. The first kappa shape index (κ1) is 20.2. The fraction of sp³-hybridized carbons (Fsp3) is 0.250. The molecule has 4 heteroatoms. The standard InChI is InChI=1S/C24H26O3S/c25-28(26,24-13-7-2-8-14-24)19-9-3-6-10-21-15-17-23(18-16-21)27-20-22-11-4-1-5-12-22/h1-2,4-5,7-8,11-18H,3,6,9-10,19-20H2. The monoisotopic (exact) mass is 394 g/mol. The average molecular weight is 395 g/mol. The quantitative estimate of drug-likeness (QED) is 0.429. The molecule has 0 saturated carbocycles. The molecule has 146 valence electrons. The van der Waals surface area contributed by atoms with Crippen LogP contribution in [0.4, 0.5) is 0 Å². The van der Waals surface area contributed by atoms with Crippen molar-refractivity contribution in [3.63, 3.8) is 0 Å². The predicted octanol–water partition coefficient (Wildman–Crippen LogP) is 5.45. The summed E-state index contributed by atoms with van der Waals surface area (Å²) in [5, 5.41) is 0. The minimum absolute atomic E-state index is 0.212. The largest absolute Gasteiger partial charge is 0.489 e. The number of hydrogen-bond donors (Lipinski definition) is 0. The van der Waals surface area contributed by atoms with E-state index in [-0.39, 0.29) is 5.75 Å². The molecule has 0 unspecified atom stereocenters. The maximum absolute atomic E-state index is 12.3. The van der Waals surface area contributed by atoms with Crippen LogP contribution in [0.2, 0.25) is 0 Å². The van der Waals surface area contributed by atoms with E-state index in [0.717, 1.165) is 30.6 Å². The van der Waals surface area contributed by atoms with Gasteiger partial charge in [0.1, 0.15) is 12.4 Å². The van der Waals surface area contributed by atoms with Gasteiger partial charge in [-0.25, -0.2) is 8.42 Å². The van der Waals surface area contributed by atoms with Crippen molar-refractivity contribution >= 4 is 9.84 Å². The lowest BCUT2D eigenvalue weighted by Crippen LogP contribution is -2.06. The van der Waals surface area contributed by atoms with Crippen molar-refractivity contribution in [2.75, 3.05) is 5.75 Å². The topological polar surface area (TPSA) is 43.4 Å². The second-order valence-electron chi connectivity index (χ2n) is 6.86. The van der Waals surface area contributed by atoms with Gasteiger partial charge in [-0.2, -0.15) is 0 Å². The zero-order chi connectivity index (χ0) is 19.7. The second-order valence-corrected chi connectivity index (χ2v) is 8.97. The molecule has 28 heavy (non-hydrogen) atoms. The van der Waals surface area contributed by atoms with E-state index in [9.17, 15) is 8.42 Å². The van der Waals surface area contributed by atoms with Crippen molar-refractivity contribution in [1.82, 2.24) is 0 Å². The lowest BCUT2D eigenvalue weighted by Gasteiger charge is -2.08. The Morgan fingerprint density at radius 3 is 1.96 bits per heavy atom. The highest BCUT2D eigenvalue weighted by molar-refractivity contribution is 7.91. The van der Waals surface area contributed by atoms with E-state index in [1.54, 1.807) is 24.3 Å². The lowest BCUT2D eigenvalue weighted by molar-refractivity contribution is 0.306. The van der Waals surface area contributed by atoms with Gasteiger partial charge in [0.2, 0.25) is 0 Å². The maximum atomic E-state index is 12.3. The minimum Gasteiger partial charge on any atom is -0.489 e. The van der Waals surface area contributed by atoms with Gasteiger partial charge in [-0.3, -0.25) is 0 Å². The van der Waals surface area contributed by atoms with Gasteiger partial charge >= 0.3 is 0 Å². The highest BCUT2D eigenvalue weighted by atomic mass is 32.2. The molecule has 3 aromatic carbocycles. The molecule has 0 saturated heterocycles. The van der Waals surface area contributed by atoms with E-state index in [0.29, 0.717) is 17.9 Å². The molecule has 0 amide bonds. The van der Waals surface area contributed by atoms with Crippen molar-refractivity contribution < 1.29 is 13.2 Å². The van der Waals surface area contributed by atoms with E-state index in [2.05, 4.69) is 12.1 Å². The van der Waals surface area contributed by atoms with E-state index in [1.165, 1.54) is 5.56 Å². The van der Waals surface area contributed by atoms with Crippen molar-refractivity contribution in [1.29, 1.82) is 0 Å². The van der Waals surface area contributed by atoms with E-state index < -0.39 is 9.84 Å². The number of benzene rings is 3. The minimum atomic E-state index is -3.16. The molecule has 0 bridgehead atoms. The van der Waals surface area contributed by atoms with Crippen LogP contribution in [0.25, 0.3) is 0 Å². The first-order valence-corrected chi connectivity index (χ1v) is 11.3. The Hall–Kier alpha value is -2.59. The fourth-order valence-corrected chi connectivity index (χ4v) is 4.43. The van der Waals surface area contributed by atoms with Crippen molar-refractivity contribution in [2.45, 2.75) is 37.2 Å². The van der Waals surface area contributed by atoms with Crippen LogP contribution in [0.1, 0.15) is 30.4 Å². The molecule has 3 aromatic rings. The van der Waals surface area contributed by atoms with Crippen molar-refractivity contribution in [2.24, 2.45) is 0 Å². The van der Waals surface area contributed by atoms with Crippen LogP contribution in [-0.4, -0.2) is 14.2 Å². The molecule has 0 fully saturated rings. The van der Waals surface area contributed by atoms with Crippen molar-refractivity contribution in [3.05, 3.63) is 96.1 Å². The van der Waals surface area contributed by atoms with Gasteiger partial charge in [-0.15, -0.1) is 0 Å². The third-order valence-electron chi connectivity index (χ3n) is 4.65. The molecular formula is C24H26O3S. The van der Waals surface area contributed by atoms with Crippen LogP contribution in [0.5, 0.6) is 5.75 Å². The Balaban J connectivity index is 1.37. The third kappa shape index (κ3) is 6.24. The van der Waals surface area contributed by atoms with Gasteiger partial charge in [-0.1, -0.05) is 67.1 Å². The number of sulfone groups is 1. The van der Waals surface area contributed by atoms with Gasteiger partial charge in [-0.05, 0) is 54.7 Å². The highest BCUT2D eigenvalue weighted by Crippen LogP contribution is 2.17. The maximum Gasteiger partial charge on any atom is 0.178 e. The summed E-state index contributed by atoms with van der Waals surface area (Å²) in [5.41, 5.74) is 2.40. The average Bonchev–Trinajstić information content (AvgIpc) is 2.74. The third-order valence-corrected chi connectivity index (χ3v) is 6.47. The summed E-state index contributed by atoms with van der Waals surface area (Å²) in [6.07, 6.45) is 3.52. The van der Waals surface area contributed by atoms with E-state index in [4.69, 9.17) is 4.74 Å². The molecule has 3 rings (SSSR count). The van der Waals surface area contributed by atoms with Gasteiger partial charge in [0.15, 0.2) is 9.84 Å². The SMILES string of the molecule is O=S(=O)(CCCCCc1ccc(OCc2ccccc2)cc1)c1ccccc1. The zero-order valence-corrected chi connectivity index (χ0v) is 16.8.